The highest BCUT2D eigenvalue weighted by Crippen LogP contribution is 2.51. The molecular formula is C14H30O2Si2. The zero-order valence-electron chi connectivity index (χ0n) is 13.0. The van der Waals surface area contributed by atoms with Crippen molar-refractivity contribution in [3.05, 3.63) is 0 Å². The Morgan fingerprint density at radius 2 is 2.11 bits per heavy atom. The monoisotopic (exact) mass is 286 g/mol. The Bertz CT molecular complexity index is 306. The van der Waals surface area contributed by atoms with Crippen LogP contribution in [0.4, 0.5) is 0 Å². The molecule has 4 atom stereocenters. The maximum absolute atomic E-state index is 6.30. The van der Waals surface area contributed by atoms with Gasteiger partial charge in [-0.1, -0.05) is 6.92 Å². The molecule has 0 aromatic heterocycles. The van der Waals surface area contributed by atoms with Crippen LogP contribution in [0.15, 0.2) is 0 Å². The lowest BCUT2D eigenvalue weighted by Crippen LogP contribution is -2.38. The number of rotatable bonds is 5. The Hall–Kier alpha value is 0.354. The van der Waals surface area contributed by atoms with Crippen molar-refractivity contribution >= 4 is 17.4 Å². The zero-order chi connectivity index (χ0) is 13.6. The molecule has 0 amide bonds. The lowest BCUT2D eigenvalue weighted by atomic mass is 9.77. The van der Waals surface area contributed by atoms with Crippen molar-refractivity contribution in [1.82, 2.24) is 0 Å². The Morgan fingerprint density at radius 1 is 1.44 bits per heavy atom. The summed E-state index contributed by atoms with van der Waals surface area (Å²) < 4.78 is 12.1. The third-order valence-electron chi connectivity index (χ3n) is 4.74. The molecule has 0 aromatic carbocycles. The van der Waals surface area contributed by atoms with Gasteiger partial charge in [0.2, 0.25) is 0 Å². The van der Waals surface area contributed by atoms with Crippen molar-refractivity contribution in [2.45, 2.75) is 77.0 Å². The minimum Gasteiger partial charge on any atom is -0.458 e. The van der Waals surface area contributed by atoms with Gasteiger partial charge in [0.1, 0.15) is 0 Å². The van der Waals surface area contributed by atoms with Gasteiger partial charge in [-0.3, -0.25) is 0 Å². The minimum absolute atomic E-state index is 0.268. The molecular weight excluding hydrogens is 256 g/mol. The van der Waals surface area contributed by atoms with Crippen molar-refractivity contribution in [2.75, 3.05) is 0 Å². The van der Waals surface area contributed by atoms with E-state index in [0.717, 1.165) is 11.8 Å². The van der Waals surface area contributed by atoms with E-state index in [1.807, 2.05) is 0 Å². The van der Waals surface area contributed by atoms with Crippen LogP contribution in [-0.2, 0) is 8.85 Å². The van der Waals surface area contributed by atoms with Crippen molar-refractivity contribution in [3.63, 3.8) is 0 Å². The number of hydrogen-bond acceptors (Lipinski definition) is 2. The fourth-order valence-electron chi connectivity index (χ4n) is 3.82. The van der Waals surface area contributed by atoms with E-state index in [1.165, 1.54) is 25.3 Å². The molecule has 1 aliphatic heterocycles. The van der Waals surface area contributed by atoms with Crippen LogP contribution in [0, 0.1) is 11.8 Å². The van der Waals surface area contributed by atoms with E-state index in [4.69, 9.17) is 8.85 Å². The van der Waals surface area contributed by atoms with E-state index in [1.54, 1.807) is 0 Å². The molecule has 2 rings (SSSR count). The third kappa shape index (κ3) is 3.47. The number of epoxide rings is 1. The summed E-state index contributed by atoms with van der Waals surface area (Å²) >= 11 is 0. The summed E-state index contributed by atoms with van der Waals surface area (Å²) in [5, 5.41) is 0. The van der Waals surface area contributed by atoms with Crippen LogP contribution in [0.1, 0.15) is 33.1 Å². The maximum Gasteiger partial charge on any atom is 0.173 e. The smallest absolute Gasteiger partial charge is 0.173 e. The molecule has 18 heavy (non-hydrogen) atoms. The first-order valence-electron chi connectivity index (χ1n) is 7.57. The summed E-state index contributed by atoms with van der Waals surface area (Å²) in [5.74, 6) is 1.68. The van der Waals surface area contributed by atoms with Crippen molar-refractivity contribution < 1.29 is 8.85 Å². The highest BCUT2D eigenvalue weighted by Gasteiger charge is 2.55. The fourth-order valence-corrected chi connectivity index (χ4v) is 11.2. The molecule has 0 bridgehead atoms. The Morgan fingerprint density at radius 3 is 2.67 bits per heavy atom. The number of fused-ring (bicyclic) bond motifs is 1. The highest BCUT2D eigenvalue weighted by molar-refractivity contribution is 6.77. The van der Waals surface area contributed by atoms with Crippen LogP contribution in [0.3, 0.4) is 0 Å². The Kier molecular flexibility index (Phi) is 4.13. The van der Waals surface area contributed by atoms with Gasteiger partial charge in [0.25, 0.3) is 0 Å². The molecule has 1 aliphatic carbocycles. The first kappa shape index (κ1) is 14.8. The molecule has 0 aromatic rings. The second-order valence-corrected chi connectivity index (χ2v) is 14.5. The maximum atomic E-state index is 6.30. The Balaban J connectivity index is 1.83. The van der Waals surface area contributed by atoms with Crippen LogP contribution in [0.5, 0.6) is 0 Å². The fraction of sp³-hybridized carbons (Fsp3) is 1.00. The van der Waals surface area contributed by atoms with E-state index in [-0.39, 0.29) is 5.60 Å². The summed E-state index contributed by atoms with van der Waals surface area (Å²) in [5.41, 5.74) is 0.268. The van der Waals surface area contributed by atoms with Crippen molar-refractivity contribution in [3.8, 4) is 0 Å². The third-order valence-corrected chi connectivity index (χ3v) is 10.8. The SMILES string of the molecule is CC(C[Si](C)(C)O[SiH](C)C)C1CCC2(C)OC2C1. The van der Waals surface area contributed by atoms with Gasteiger partial charge in [-0.15, -0.1) is 0 Å². The molecule has 106 valence electrons. The quantitative estimate of drug-likeness (QED) is 0.566. The normalized spacial score (nSPS) is 37.5. The van der Waals surface area contributed by atoms with Crippen LogP contribution in [0.2, 0.25) is 32.2 Å². The molecule has 0 radical (unpaired) electrons. The van der Waals surface area contributed by atoms with E-state index < -0.39 is 17.4 Å². The number of hydrogen-bond donors (Lipinski definition) is 0. The predicted molar refractivity (Wildman–Crippen MR) is 82.0 cm³/mol. The molecule has 2 nitrogen and oxygen atoms in total. The molecule has 0 spiro atoms. The Labute approximate surface area is 115 Å². The topological polar surface area (TPSA) is 21.8 Å². The first-order chi connectivity index (χ1) is 8.22. The summed E-state index contributed by atoms with van der Waals surface area (Å²) in [6.07, 6.45) is 4.50. The van der Waals surface area contributed by atoms with E-state index in [0.29, 0.717) is 6.10 Å². The molecule has 1 saturated heterocycles. The van der Waals surface area contributed by atoms with Gasteiger partial charge in [0.05, 0.1) is 11.7 Å². The zero-order valence-corrected chi connectivity index (χ0v) is 15.1. The first-order valence-corrected chi connectivity index (χ1v) is 13.5. The molecule has 0 N–H and O–H groups in total. The molecule has 4 unspecified atom stereocenters. The van der Waals surface area contributed by atoms with E-state index >= 15 is 0 Å². The van der Waals surface area contributed by atoms with Crippen molar-refractivity contribution in [2.24, 2.45) is 11.8 Å². The molecule has 1 heterocycles. The van der Waals surface area contributed by atoms with Gasteiger partial charge in [-0.25, -0.2) is 0 Å². The van der Waals surface area contributed by atoms with Gasteiger partial charge >= 0.3 is 0 Å². The standard InChI is InChI=1S/C14H30O2Si2/c1-11(10-18(5,6)16-17(3)4)12-7-8-14(2)13(9-12)15-14/h11-13,17H,7-10H2,1-6H3. The lowest BCUT2D eigenvalue weighted by Gasteiger charge is -2.34. The molecule has 1 saturated carbocycles. The average Bonchev–Trinajstić information content (AvgIpc) is 2.84. The van der Waals surface area contributed by atoms with Gasteiger partial charge in [0, 0.05) is 0 Å². The molecule has 4 heteroatoms. The minimum atomic E-state index is -1.42. The summed E-state index contributed by atoms with van der Waals surface area (Å²) in [7, 11) is -2.29. The van der Waals surface area contributed by atoms with Gasteiger partial charge in [-0.2, -0.15) is 0 Å². The summed E-state index contributed by atoms with van der Waals surface area (Å²) in [6, 6.07) is 1.33. The van der Waals surface area contributed by atoms with Gasteiger partial charge in [-0.05, 0) is 70.3 Å². The van der Waals surface area contributed by atoms with Crippen molar-refractivity contribution in [1.29, 1.82) is 0 Å². The van der Waals surface area contributed by atoms with E-state index in [9.17, 15) is 0 Å². The average molecular weight is 287 g/mol. The van der Waals surface area contributed by atoms with Crippen LogP contribution >= 0.6 is 0 Å². The van der Waals surface area contributed by atoms with Crippen LogP contribution < -0.4 is 0 Å². The second kappa shape index (κ2) is 5.04. The largest absolute Gasteiger partial charge is 0.458 e. The summed E-state index contributed by atoms with van der Waals surface area (Å²) in [4.78, 5) is 0. The highest BCUT2D eigenvalue weighted by atomic mass is 28.4. The van der Waals surface area contributed by atoms with E-state index in [2.05, 4.69) is 40.0 Å². The van der Waals surface area contributed by atoms with Crippen LogP contribution in [0.25, 0.3) is 0 Å². The van der Waals surface area contributed by atoms with Gasteiger partial charge < -0.3 is 8.85 Å². The number of ether oxygens (including phenoxy) is 1. The van der Waals surface area contributed by atoms with Crippen LogP contribution in [-0.4, -0.2) is 29.1 Å². The molecule has 2 aliphatic rings. The lowest BCUT2D eigenvalue weighted by molar-refractivity contribution is 0.271. The van der Waals surface area contributed by atoms with Gasteiger partial charge in [0.15, 0.2) is 17.4 Å². The second-order valence-electron chi connectivity index (χ2n) is 7.56. The summed E-state index contributed by atoms with van der Waals surface area (Å²) in [6.45, 7) is 14.1. The molecule has 2 fully saturated rings. The predicted octanol–water partition coefficient (Wildman–Crippen LogP) is 3.79.